The van der Waals surface area contributed by atoms with Crippen LogP contribution in [0, 0.1) is 0 Å². The fourth-order valence-corrected chi connectivity index (χ4v) is 2.39. The predicted octanol–water partition coefficient (Wildman–Crippen LogP) is 0.670. The molecule has 0 nitrogen and oxygen atoms in total. The quantitative estimate of drug-likeness (QED) is 0.256. The van der Waals surface area contributed by atoms with Crippen LogP contribution in [-0.4, -0.2) is 15.4 Å². The van der Waals surface area contributed by atoms with Crippen LogP contribution in [0.5, 0.6) is 0 Å². The smallest absolute Gasteiger partial charge is 1.00 e. The zero-order valence-corrected chi connectivity index (χ0v) is 22.6. The maximum absolute atomic E-state index is 2.28. The first-order valence-corrected chi connectivity index (χ1v) is 13.5. The molecule has 0 heterocycles. The Labute approximate surface area is 207 Å². The molecule has 4 aromatic carbocycles. The summed E-state index contributed by atoms with van der Waals surface area (Å²) >= 11 is 0.312. The molecule has 4 aromatic rings. The van der Waals surface area contributed by atoms with E-state index in [0.29, 0.717) is 15.4 Å². The van der Waals surface area contributed by atoms with Crippen molar-refractivity contribution in [3.8, 4) is 22.3 Å². The van der Waals surface area contributed by atoms with E-state index < -0.39 is 0 Å². The first kappa shape index (κ1) is 29.3. The second-order valence-corrected chi connectivity index (χ2v) is 8.08. The molecule has 0 aliphatic carbocycles. The third kappa shape index (κ3) is 10.6. The minimum absolute atomic E-state index is 0. The van der Waals surface area contributed by atoms with E-state index in [0.717, 1.165) is 0 Å². The standard InChI is InChI=1S/2C11H9.C2H7Ge.2ClH.Zr/c2*1-2-6-10(7-3-1)11-8-4-5-9-11;1-3-2;;;/h2*1-9H;3H,1-2H3;2*1H;/q2*-1;;;;+4/p-2. The Hall–Kier alpha value is -0.854. The average Bonchev–Trinajstić information content (AvgIpc) is 3.39. The van der Waals surface area contributed by atoms with E-state index in [2.05, 4.69) is 109 Å². The number of hydrogen-bond donors (Lipinski definition) is 0. The maximum Gasteiger partial charge on any atom is 4.00 e. The van der Waals surface area contributed by atoms with E-state index >= 15 is 0 Å². The van der Waals surface area contributed by atoms with Crippen LogP contribution in [0.15, 0.2) is 109 Å². The summed E-state index contributed by atoms with van der Waals surface area (Å²) in [7, 11) is 0. The van der Waals surface area contributed by atoms with Crippen LogP contribution in [-0.2, 0) is 26.2 Å². The summed E-state index contributed by atoms with van der Waals surface area (Å²) in [6.45, 7) is 0. The molecule has 0 amide bonds. The topological polar surface area (TPSA) is 0 Å². The summed E-state index contributed by atoms with van der Waals surface area (Å²) in [6, 6.07) is 37.5. The summed E-state index contributed by atoms with van der Waals surface area (Å²) < 4.78 is 0. The van der Waals surface area contributed by atoms with Gasteiger partial charge in [0.05, 0.1) is 0 Å². The third-order valence-corrected chi connectivity index (χ3v) is 3.54. The molecule has 4 heteroatoms. The van der Waals surface area contributed by atoms with E-state index in [1.165, 1.54) is 22.3 Å². The van der Waals surface area contributed by atoms with Crippen LogP contribution in [0.1, 0.15) is 0 Å². The zero-order valence-electron chi connectivity index (χ0n) is 16.2. The van der Waals surface area contributed by atoms with Gasteiger partial charge in [-0.2, -0.15) is 24.3 Å². The van der Waals surface area contributed by atoms with Crippen molar-refractivity contribution < 1.29 is 51.0 Å². The van der Waals surface area contributed by atoms with E-state index in [4.69, 9.17) is 0 Å². The van der Waals surface area contributed by atoms with Gasteiger partial charge in [-0.25, -0.2) is 0 Å². The van der Waals surface area contributed by atoms with Gasteiger partial charge < -0.3 is 24.8 Å². The van der Waals surface area contributed by atoms with Crippen LogP contribution >= 0.6 is 0 Å². The SMILES string of the molecule is [CH3][GeH][CH3].[Cl-].[Cl-].[Zr+4].c1ccc(-[c-]2cccc2)cc1.c1ccc(-[c-]2cccc2)cc1. The van der Waals surface area contributed by atoms with Crippen LogP contribution in [0.4, 0.5) is 0 Å². The number of benzene rings is 2. The minimum Gasteiger partial charge on any atom is -1.00 e. The summed E-state index contributed by atoms with van der Waals surface area (Å²) in [5.74, 6) is 4.56. The molecule has 0 unspecified atom stereocenters. The minimum atomic E-state index is 0. The van der Waals surface area contributed by atoms with Crippen molar-refractivity contribution in [1.29, 1.82) is 0 Å². The fourth-order valence-electron chi connectivity index (χ4n) is 2.39. The molecule has 0 bridgehead atoms. The first-order chi connectivity index (χ1) is 12.3. The van der Waals surface area contributed by atoms with Gasteiger partial charge in [0.2, 0.25) is 0 Å². The molecule has 0 aliphatic heterocycles. The van der Waals surface area contributed by atoms with Gasteiger partial charge in [0.15, 0.2) is 0 Å². The Morgan fingerprint density at radius 3 is 1.00 bits per heavy atom. The van der Waals surface area contributed by atoms with Crippen LogP contribution in [0.2, 0.25) is 11.5 Å². The van der Waals surface area contributed by atoms with Gasteiger partial charge in [0.1, 0.15) is 0 Å². The normalized spacial score (nSPS) is 8.36. The van der Waals surface area contributed by atoms with Crippen molar-refractivity contribution in [2.24, 2.45) is 0 Å². The molecular weight excluding hydrogens is 523 g/mol. The molecule has 0 saturated heterocycles. The van der Waals surface area contributed by atoms with Gasteiger partial charge >= 0.3 is 53.1 Å². The molecular formula is C24H25Cl2GeZr. The van der Waals surface area contributed by atoms with E-state index in [1.54, 1.807) is 0 Å². The molecule has 0 spiro atoms. The Balaban J connectivity index is 0. The predicted molar refractivity (Wildman–Crippen MR) is 114 cm³/mol. The molecule has 0 saturated carbocycles. The van der Waals surface area contributed by atoms with Crippen LogP contribution < -0.4 is 24.8 Å². The van der Waals surface area contributed by atoms with Gasteiger partial charge in [-0.1, -0.05) is 47.5 Å². The molecule has 0 aromatic heterocycles. The van der Waals surface area contributed by atoms with Gasteiger partial charge in [-0.3, -0.25) is 0 Å². The number of rotatable bonds is 2. The van der Waals surface area contributed by atoms with Crippen molar-refractivity contribution in [3.63, 3.8) is 0 Å². The Morgan fingerprint density at radius 1 is 0.500 bits per heavy atom. The van der Waals surface area contributed by atoms with Crippen molar-refractivity contribution in [2.75, 3.05) is 0 Å². The summed E-state index contributed by atoms with van der Waals surface area (Å²) in [5.41, 5.74) is 5.17. The van der Waals surface area contributed by atoms with Crippen molar-refractivity contribution >= 4 is 15.4 Å². The van der Waals surface area contributed by atoms with Gasteiger partial charge in [-0.15, -0.1) is 59.7 Å². The van der Waals surface area contributed by atoms with Gasteiger partial charge in [-0.05, 0) is 0 Å². The summed E-state index contributed by atoms with van der Waals surface area (Å²) in [6.07, 6.45) is 0. The summed E-state index contributed by atoms with van der Waals surface area (Å²) in [4.78, 5) is 0. The second-order valence-electron chi connectivity index (χ2n) is 5.66. The fraction of sp³-hybridized carbons (Fsp3) is 0.0833. The second kappa shape index (κ2) is 18.2. The Kier molecular flexibility index (Phi) is 19.1. The maximum atomic E-state index is 2.28. The monoisotopic (exact) mass is 547 g/mol. The number of halogens is 2. The van der Waals surface area contributed by atoms with Crippen LogP contribution in [0.25, 0.3) is 22.3 Å². The molecule has 4 rings (SSSR count). The van der Waals surface area contributed by atoms with Gasteiger partial charge in [0.25, 0.3) is 0 Å². The molecule has 1 radical (unpaired) electrons. The largest absolute Gasteiger partial charge is 4.00 e. The summed E-state index contributed by atoms with van der Waals surface area (Å²) in [5, 5.41) is 0. The van der Waals surface area contributed by atoms with E-state index in [1.807, 2.05) is 12.1 Å². The molecule has 0 fully saturated rings. The van der Waals surface area contributed by atoms with E-state index in [-0.39, 0.29) is 51.0 Å². The van der Waals surface area contributed by atoms with Crippen LogP contribution in [0.3, 0.4) is 0 Å². The molecule has 0 aliphatic rings. The van der Waals surface area contributed by atoms with Crippen molar-refractivity contribution in [3.05, 3.63) is 109 Å². The molecule has 28 heavy (non-hydrogen) atoms. The third-order valence-electron chi connectivity index (χ3n) is 3.54. The first-order valence-electron chi connectivity index (χ1n) is 8.63. The van der Waals surface area contributed by atoms with Crippen molar-refractivity contribution in [1.82, 2.24) is 0 Å². The Morgan fingerprint density at radius 2 is 0.750 bits per heavy atom. The zero-order chi connectivity index (χ0) is 17.7. The van der Waals surface area contributed by atoms with Crippen molar-refractivity contribution in [2.45, 2.75) is 11.5 Å². The molecule has 0 atom stereocenters. The molecule has 0 N–H and O–H groups in total. The number of hydrogen-bond acceptors (Lipinski definition) is 0. The van der Waals surface area contributed by atoms with E-state index in [9.17, 15) is 0 Å². The average molecular weight is 548 g/mol. The Bertz CT molecular complexity index is 714. The molecule has 143 valence electrons. The van der Waals surface area contributed by atoms with Gasteiger partial charge in [0, 0.05) is 0 Å².